The van der Waals surface area contributed by atoms with Gasteiger partial charge in [-0.15, -0.1) is 0 Å². The molecule has 4 rings (SSSR count). The Hall–Kier alpha value is -2.56. The van der Waals surface area contributed by atoms with Gasteiger partial charge in [-0.3, -0.25) is 4.79 Å². The fourth-order valence-corrected chi connectivity index (χ4v) is 3.01. The lowest BCUT2D eigenvalue weighted by Gasteiger charge is -2.26. The predicted octanol–water partition coefficient (Wildman–Crippen LogP) is 2.33. The van der Waals surface area contributed by atoms with E-state index in [9.17, 15) is 4.79 Å². The van der Waals surface area contributed by atoms with E-state index < -0.39 is 0 Å². The predicted molar refractivity (Wildman–Crippen MR) is 87.8 cm³/mol. The highest BCUT2D eigenvalue weighted by molar-refractivity contribution is 5.95. The summed E-state index contributed by atoms with van der Waals surface area (Å²) in [5.41, 5.74) is 1.49. The van der Waals surface area contributed by atoms with E-state index in [1.807, 2.05) is 30.1 Å². The summed E-state index contributed by atoms with van der Waals surface area (Å²) in [6, 6.07) is 11.9. The highest BCUT2D eigenvalue weighted by atomic mass is 16.5. The van der Waals surface area contributed by atoms with Crippen molar-refractivity contribution in [3.63, 3.8) is 0 Å². The van der Waals surface area contributed by atoms with Crippen LogP contribution >= 0.6 is 0 Å². The van der Waals surface area contributed by atoms with Crippen LogP contribution in [0.5, 0.6) is 5.75 Å². The molecule has 1 amide bonds. The number of carbonyl (C=O) groups is 1. The van der Waals surface area contributed by atoms with Crippen LogP contribution in [0.25, 0.3) is 0 Å². The number of hydrogen-bond donors (Lipinski definition) is 1. The van der Waals surface area contributed by atoms with Crippen LogP contribution in [0.1, 0.15) is 28.8 Å². The second-order valence-corrected chi connectivity index (χ2v) is 6.22. The van der Waals surface area contributed by atoms with E-state index in [-0.39, 0.29) is 11.4 Å². The van der Waals surface area contributed by atoms with E-state index in [0.29, 0.717) is 17.9 Å². The van der Waals surface area contributed by atoms with E-state index in [0.717, 1.165) is 30.8 Å². The largest absolute Gasteiger partial charge is 0.488 e. The second kappa shape index (κ2) is 5.26. The maximum atomic E-state index is 12.6. The average Bonchev–Trinajstić information content (AvgIpc) is 3.36. The van der Waals surface area contributed by atoms with Gasteiger partial charge >= 0.3 is 0 Å². The Morgan fingerprint density at radius 1 is 1.30 bits per heavy atom. The second-order valence-electron chi connectivity index (χ2n) is 6.22. The highest BCUT2D eigenvalue weighted by Crippen LogP contribution is 2.45. The summed E-state index contributed by atoms with van der Waals surface area (Å²) in [6.07, 6.45) is 3.57. The Kier molecular flexibility index (Phi) is 3.22. The van der Waals surface area contributed by atoms with Crippen molar-refractivity contribution in [3.05, 3.63) is 53.7 Å². The zero-order valence-electron chi connectivity index (χ0n) is 13.1. The summed E-state index contributed by atoms with van der Waals surface area (Å²) < 4.78 is 5.63. The Morgan fingerprint density at radius 2 is 2.09 bits per heavy atom. The topological polar surface area (TPSA) is 54.5 Å². The van der Waals surface area contributed by atoms with Gasteiger partial charge in [-0.25, -0.2) is 4.98 Å². The van der Waals surface area contributed by atoms with Gasteiger partial charge in [0.05, 0.1) is 17.6 Å². The minimum absolute atomic E-state index is 0.0986. The number of nitrogens with one attached hydrogen (secondary N) is 1. The van der Waals surface area contributed by atoms with Gasteiger partial charge in [-0.1, -0.05) is 30.3 Å². The third-order valence-electron chi connectivity index (χ3n) is 4.57. The zero-order chi connectivity index (χ0) is 15.9. The maximum Gasteiger partial charge on any atom is 0.253 e. The molecule has 1 N–H and O–H groups in total. The molecule has 0 spiro atoms. The molecule has 1 aliphatic heterocycles. The molecule has 1 aromatic carbocycles. The van der Waals surface area contributed by atoms with Crippen LogP contribution in [0.3, 0.4) is 0 Å². The molecule has 118 valence electrons. The van der Waals surface area contributed by atoms with E-state index in [2.05, 4.69) is 22.4 Å². The van der Waals surface area contributed by atoms with Gasteiger partial charge in [0.25, 0.3) is 5.91 Å². The summed E-state index contributed by atoms with van der Waals surface area (Å²) in [4.78, 5) is 19.0. The number of benzene rings is 1. The fraction of sp³-hybridized carbons (Fsp3) is 0.333. The molecule has 1 fully saturated rings. The number of pyridine rings is 1. The summed E-state index contributed by atoms with van der Waals surface area (Å²) in [5, 5.41) is 3.17. The van der Waals surface area contributed by atoms with E-state index >= 15 is 0 Å². The van der Waals surface area contributed by atoms with Crippen LogP contribution in [0, 0.1) is 0 Å². The van der Waals surface area contributed by atoms with Crippen LogP contribution in [-0.2, 0) is 5.54 Å². The lowest BCUT2D eigenvalue weighted by molar-refractivity contribution is 0.0930. The maximum absolute atomic E-state index is 12.6. The Bertz CT molecular complexity index is 741. The quantitative estimate of drug-likeness (QED) is 0.945. The van der Waals surface area contributed by atoms with Crippen LogP contribution in [0.15, 0.2) is 42.6 Å². The number of carbonyl (C=O) groups excluding carboxylic acids is 1. The smallest absolute Gasteiger partial charge is 0.253 e. The molecule has 0 bridgehead atoms. The van der Waals surface area contributed by atoms with Crippen LogP contribution in [0.2, 0.25) is 0 Å². The number of rotatable bonds is 3. The molecule has 1 aromatic heterocycles. The van der Waals surface area contributed by atoms with Gasteiger partial charge in [-0.2, -0.15) is 0 Å². The first-order chi connectivity index (χ1) is 11.2. The minimum atomic E-state index is -0.216. The summed E-state index contributed by atoms with van der Waals surface area (Å²) in [7, 11) is 1.97. The normalized spacial score (nSPS) is 17.9. The van der Waals surface area contributed by atoms with Gasteiger partial charge in [-0.05, 0) is 24.5 Å². The molecule has 1 aliphatic carbocycles. The van der Waals surface area contributed by atoms with E-state index in [4.69, 9.17) is 4.74 Å². The van der Waals surface area contributed by atoms with Crippen molar-refractivity contribution < 1.29 is 9.53 Å². The van der Waals surface area contributed by atoms with Crippen LogP contribution < -0.4 is 15.0 Å². The average molecular weight is 309 g/mol. The van der Waals surface area contributed by atoms with Gasteiger partial charge in [0.1, 0.15) is 6.61 Å². The molecule has 23 heavy (non-hydrogen) atoms. The van der Waals surface area contributed by atoms with Crippen molar-refractivity contribution in [1.82, 2.24) is 10.3 Å². The van der Waals surface area contributed by atoms with Crippen molar-refractivity contribution in [1.29, 1.82) is 0 Å². The molecule has 5 heteroatoms. The number of fused-ring (bicyclic) bond motifs is 1. The first kappa shape index (κ1) is 14.1. The molecule has 0 radical (unpaired) electrons. The molecule has 5 nitrogen and oxygen atoms in total. The van der Waals surface area contributed by atoms with Gasteiger partial charge in [0.15, 0.2) is 11.6 Å². The SMILES string of the molecule is CN1CCOc2cc(C(=O)NC3(c4ccccc4)CC3)cnc21. The highest BCUT2D eigenvalue weighted by Gasteiger charge is 2.45. The number of nitrogens with zero attached hydrogens (tertiary/aromatic N) is 2. The standard InChI is InChI=1S/C18H19N3O2/c1-21-9-10-23-15-11-13(12-19-16(15)21)17(22)20-18(7-8-18)14-5-3-2-4-6-14/h2-6,11-12H,7-10H2,1H3,(H,20,22). The number of aromatic nitrogens is 1. The van der Waals surface area contributed by atoms with Gasteiger partial charge < -0.3 is 15.0 Å². The zero-order valence-corrected chi connectivity index (χ0v) is 13.1. The third-order valence-corrected chi connectivity index (χ3v) is 4.57. The van der Waals surface area contributed by atoms with Crippen LogP contribution in [0.4, 0.5) is 5.82 Å². The molecule has 0 atom stereocenters. The molecule has 1 saturated carbocycles. The Morgan fingerprint density at radius 3 is 2.83 bits per heavy atom. The number of anilines is 1. The number of hydrogen-bond acceptors (Lipinski definition) is 4. The molecule has 2 heterocycles. The first-order valence-corrected chi connectivity index (χ1v) is 7.90. The van der Waals surface area contributed by atoms with Crippen molar-refractivity contribution >= 4 is 11.7 Å². The van der Waals surface area contributed by atoms with Crippen molar-refractivity contribution in [3.8, 4) is 5.75 Å². The van der Waals surface area contributed by atoms with E-state index in [1.165, 1.54) is 0 Å². The number of amides is 1. The summed E-state index contributed by atoms with van der Waals surface area (Å²) >= 11 is 0. The third kappa shape index (κ3) is 2.52. The fourth-order valence-electron chi connectivity index (χ4n) is 3.01. The molecular weight excluding hydrogens is 290 g/mol. The Labute approximate surface area is 135 Å². The molecule has 2 aromatic rings. The van der Waals surface area contributed by atoms with Crippen molar-refractivity contribution in [2.45, 2.75) is 18.4 Å². The lowest BCUT2D eigenvalue weighted by atomic mass is 10.0. The lowest BCUT2D eigenvalue weighted by Crippen LogP contribution is -2.35. The number of likely N-dealkylation sites (N-methyl/N-ethyl adjacent to an activating group) is 1. The Balaban J connectivity index is 1.56. The number of ether oxygens (including phenoxy) is 1. The monoisotopic (exact) mass is 309 g/mol. The van der Waals surface area contributed by atoms with Crippen LogP contribution in [-0.4, -0.2) is 31.1 Å². The minimum Gasteiger partial charge on any atom is -0.488 e. The summed E-state index contributed by atoms with van der Waals surface area (Å²) in [6.45, 7) is 1.42. The molecule has 0 unspecified atom stereocenters. The summed E-state index contributed by atoms with van der Waals surface area (Å²) in [5.74, 6) is 1.37. The molecular formula is C18H19N3O2. The van der Waals surface area contributed by atoms with Crippen molar-refractivity contribution in [2.75, 3.05) is 25.1 Å². The van der Waals surface area contributed by atoms with Crippen molar-refractivity contribution in [2.24, 2.45) is 0 Å². The van der Waals surface area contributed by atoms with Gasteiger partial charge in [0.2, 0.25) is 0 Å². The first-order valence-electron chi connectivity index (χ1n) is 7.90. The molecule has 0 saturated heterocycles. The van der Waals surface area contributed by atoms with E-state index in [1.54, 1.807) is 12.3 Å². The van der Waals surface area contributed by atoms with Gasteiger partial charge in [0, 0.05) is 13.2 Å². The molecule has 2 aliphatic rings.